The van der Waals surface area contributed by atoms with Gasteiger partial charge in [-0.3, -0.25) is 0 Å². The van der Waals surface area contributed by atoms with Crippen LogP contribution in [0.25, 0.3) is 11.4 Å². The maximum absolute atomic E-state index is 10.1. The number of benzene rings is 2. The number of H-pyrrole nitrogens is 1. The molecule has 1 aromatic heterocycles. The fourth-order valence-corrected chi connectivity index (χ4v) is 2.43. The number of hydrogen-bond acceptors (Lipinski definition) is 6. The molecule has 8 heteroatoms. The van der Waals surface area contributed by atoms with Crippen molar-refractivity contribution >= 4 is 18.4 Å². The number of aromatic nitrogens is 3. The summed E-state index contributed by atoms with van der Waals surface area (Å²) in [6, 6.07) is 12.5. The van der Waals surface area contributed by atoms with Gasteiger partial charge in [-0.15, -0.1) is 0 Å². The average Bonchev–Trinajstić information content (AvgIpc) is 3.01. The minimum absolute atomic E-state index is 0.00904. The van der Waals surface area contributed by atoms with Gasteiger partial charge in [-0.25, -0.2) is 5.10 Å². The van der Waals surface area contributed by atoms with Crippen LogP contribution in [0.1, 0.15) is 5.56 Å². The van der Waals surface area contributed by atoms with Crippen LogP contribution in [-0.2, 0) is 0 Å². The second-order valence-electron chi connectivity index (χ2n) is 5.04. The Morgan fingerprint density at radius 3 is 2.60 bits per heavy atom. The third-order valence-corrected chi connectivity index (χ3v) is 3.83. The van der Waals surface area contributed by atoms with Crippen LogP contribution in [0.3, 0.4) is 0 Å². The standard InChI is InChI=1S/C17H16N4O3S/c1-23-13-8-6-11(7-9-13)16-19-20-17(25)21(16)18-10-12-4-3-5-14(24-2)15(12)22/h3-10,22H,1-2H3,(H,20,25). The van der Waals surface area contributed by atoms with Gasteiger partial charge in [0.2, 0.25) is 4.77 Å². The van der Waals surface area contributed by atoms with Crippen molar-refractivity contribution in [2.24, 2.45) is 5.10 Å². The van der Waals surface area contributed by atoms with Gasteiger partial charge in [0.15, 0.2) is 17.3 Å². The van der Waals surface area contributed by atoms with Crippen molar-refractivity contribution in [3.63, 3.8) is 0 Å². The van der Waals surface area contributed by atoms with Crippen LogP contribution >= 0.6 is 12.2 Å². The first-order valence-corrected chi connectivity index (χ1v) is 7.77. The third kappa shape index (κ3) is 3.38. The molecule has 25 heavy (non-hydrogen) atoms. The first kappa shape index (κ1) is 16.7. The number of phenolic OH excluding ortho intramolecular Hbond substituents is 1. The lowest BCUT2D eigenvalue weighted by Gasteiger charge is -2.05. The molecule has 0 unspecified atom stereocenters. The number of phenols is 1. The molecule has 3 aromatic rings. The zero-order valence-electron chi connectivity index (χ0n) is 13.6. The third-order valence-electron chi connectivity index (χ3n) is 3.56. The highest BCUT2D eigenvalue weighted by Gasteiger charge is 2.09. The Labute approximate surface area is 149 Å². The molecule has 0 spiro atoms. The molecule has 0 atom stereocenters. The fourth-order valence-electron chi connectivity index (χ4n) is 2.25. The molecule has 128 valence electrons. The molecule has 7 nitrogen and oxygen atoms in total. The van der Waals surface area contributed by atoms with E-state index in [0.717, 1.165) is 11.3 Å². The van der Waals surface area contributed by atoms with Crippen LogP contribution in [0.15, 0.2) is 47.6 Å². The number of methoxy groups -OCH3 is 2. The molecule has 3 rings (SSSR count). The largest absolute Gasteiger partial charge is 0.504 e. The van der Waals surface area contributed by atoms with Gasteiger partial charge in [-0.05, 0) is 48.6 Å². The summed E-state index contributed by atoms with van der Waals surface area (Å²) in [5.74, 6) is 1.67. The molecular formula is C17H16N4O3S. The highest BCUT2D eigenvalue weighted by molar-refractivity contribution is 7.71. The van der Waals surface area contributed by atoms with E-state index in [1.807, 2.05) is 24.3 Å². The molecule has 0 bridgehead atoms. The number of hydrogen-bond donors (Lipinski definition) is 2. The summed E-state index contributed by atoms with van der Waals surface area (Å²) < 4.78 is 12.1. The van der Waals surface area contributed by atoms with E-state index in [1.165, 1.54) is 18.0 Å². The van der Waals surface area contributed by atoms with Crippen molar-refractivity contribution in [3.8, 4) is 28.6 Å². The maximum Gasteiger partial charge on any atom is 0.216 e. The van der Waals surface area contributed by atoms with Gasteiger partial charge in [0.05, 0.1) is 20.4 Å². The molecule has 0 aliphatic heterocycles. The zero-order valence-corrected chi connectivity index (χ0v) is 14.4. The summed E-state index contributed by atoms with van der Waals surface area (Å²) in [4.78, 5) is 0. The molecule has 0 aliphatic rings. The summed E-state index contributed by atoms with van der Waals surface area (Å²) in [5.41, 5.74) is 1.32. The Morgan fingerprint density at radius 1 is 1.16 bits per heavy atom. The smallest absolute Gasteiger partial charge is 0.216 e. The second-order valence-corrected chi connectivity index (χ2v) is 5.42. The van der Waals surface area contributed by atoms with Gasteiger partial charge < -0.3 is 14.6 Å². The number of para-hydroxylation sites is 1. The lowest BCUT2D eigenvalue weighted by Crippen LogP contribution is -1.96. The van der Waals surface area contributed by atoms with E-state index in [4.69, 9.17) is 21.7 Å². The number of nitrogens with one attached hydrogen (secondary N) is 1. The Kier molecular flexibility index (Phi) is 4.80. The Bertz CT molecular complexity index is 961. The van der Waals surface area contributed by atoms with E-state index >= 15 is 0 Å². The molecule has 0 saturated carbocycles. The Hall–Kier alpha value is -3.13. The Morgan fingerprint density at radius 2 is 1.92 bits per heavy atom. The van der Waals surface area contributed by atoms with Crippen molar-refractivity contribution in [3.05, 3.63) is 52.8 Å². The van der Waals surface area contributed by atoms with Gasteiger partial charge in [0.25, 0.3) is 0 Å². The van der Waals surface area contributed by atoms with E-state index in [0.29, 0.717) is 21.9 Å². The van der Waals surface area contributed by atoms with E-state index < -0.39 is 0 Å². The maximum atomic E-state index is 10.1. The van der Waals surface area contributed by atoms with Crippen LogP contribution < -0.4 is 9.47 Å². The van der Waals surface area contributed by atoms with Gasteiger partial charge in [0.1, 0.15) is 5.75 Å². The molecule has 0 aliphatic carbocycles. The van der Waals surface area contributed by atoms with E-state index in [9.17, 15) is 5.11 Å². The Balaban J connectivity index is 1.98. The van der Waals surface area contributed by atoms with E-state index in [2.05, 4.69) is 15.3 Å². The minimum atomic E-state index is 0.00904. The average molecular weight is 356 g/mol. The summed E-state index contributed by atoms with van der Waals surface area (Å²) in [6.07, 6.45) is 1.50. The first-order chi connectivity index (χ1) is 12.1. The van der Waals surface area contributed by atoms with Crippen LogP contribution in [0.5, 0.6) is 17.2 Å². The summed E-state index contributed by atoms with van der Waals surface area (Å²) in [7, 11) is 3.10. The minimum Gasteiger partial charge on any atom is -0.504 e. The molecule has 2 N–H and O–H groups in total. The summed E-state index contributed by atoms with van der Waals surface area (Å²) >= 11 is 5.24. The first-order valence-electron chi connectivity index (χ1n) is 7.36. The van der Waals surface area contributed by atoms with Crippen LogP contribution in [0.4, 0.5) is 0 Å². The molecule has 1 heterocycles. The van der Waals surface area contributed by atoms with Crippen molar-refractivity contribution in [1.82, 2.24) is 14.9 Å². The van der Waals surface area contributed by atoms with E-state index in [1.54, 1.807) is 25.3 Å². The molecule has 0 fully saturated rings. The predicted octanol–water partition coefficient (Wildman–Crippen LogP) is 3.21. The SMILES string of the molecule is COc1ccc(-c2n[nH]c(=S)n2N=Cc2cccc(OC)c2O)cc1. The summed E-state index contributed by atoms with van der Waals surface area (Å²) in [6.45, 7) is 0. The predicted molar refractivity (Wildman–Crippen MR) is 97.1 cm³/mol. The molecule has 2 aromatic carbocycles. The normalized spacial score (nSPS) is 11.0. The van der Waals surface area contributed by atoms with Crippen LogP contribution in [0.2, 0.25) is 0 Å². The monoisotopic (exact) mass is 356 g/mol. The number of rotatable bonds is 5. The highest BCUT2D eigenvalue weighted by atomic mass is 32.1. The van der Waals surface area contributed by atoms with E-state index in [-0.39, 0.29) is 5.75 Å². The number of ether oxygens (including phenoxy) is 2. The van der Waals surface area contributed by atoms with Crippen molar-refractivity contribution in [2.75, 3.05) is 14.2 Å². The molecule has 0 radical (unpaired) electrons. The summed E-state index contributed by atoms with van der Waals surface area (Å²) in [5, 5.41) is 21.4. The van der Waals surface area contributed by atoms with Gasteiger partial charge >= 0.3 is 0 Å². The van der Waals surface area contributed by atoms with Gasteiger partial charge in [-0.2, -0.15) is 14.9 Å². The van der Waals surface area contributed by atoms with Crippen molar-refractivity contribution in [1.29, 1.82) is 0 Å². The highest BCUT2D eigenvalue weighted by Crippen LogP contribution is 2.28. The van der Waals surface area contributed by atoms with Crippen molar-refractivity contribution < 1.29 is 14.6 Å². The molecule has 0 amide bonds. The van der Waals surface area contributed by atoms with Crippen molar-refractivity contribution in [2.45, 2.75) is 0 Å². The lowest BCUT2D eigenvalue weighted by molar-refractivity contribution is 0.373. The molecular weight excluding hydrogens is 340 g/mol. The van der Waals surface area contributed by atoms with Gasteiger partial charge in [0, 0.05) is 11.1 Å². The van der Waals surface area contributed by atoms with Crippen LogP contribution in [-0.4, -0.2) is 40.4 Å². The second kappa shape index (κ2) is 7.18. The zero-order chi connectivity index (χ0) is 17.8. The number of aromatic amines is 1. The lowest BCUT2D eigenvalue weighted by atomic mass is 10.2. The van der Waals surface area contributed by atoms with Gasteiger partial charge in [-0.1, -0.05) is 6.07 Å². The topological polar surface area (TPSA) is 84.7 Å². The number of aromatic hydroxyl groups is 1. The van der Waals surface area contributed by atoms with Crippen LogP contribution in [0, 0.1) is 4.77 Å². The quantitative estimate of drug-likeness (QED) is 0.542. The number of nitrogens with zero attached hydrogens (tertiary/aromatic N) is 3. The fraction of sp³-hybridized carbons (Fsp3) is 0.118. The molecule has 0 saturated heterocycles.